The molecular formula is C18H21N3O2. The fraction of sp³-hybridized carbons (Fsp3) is 0.333. The number of aryl methyl sites for hydroxylation is 1. The number of anilines is 1. The summed E-state index contributed by atoms with van der Waals surface area (Å²) < 4.78 is 0. The van der Waals surface area contributed by atoms with Crippen molar-refractivity contribution in [2.75, 3.05) is 5.32 Å². The number of hydrogen-bond donors (Lipinski definition) is 3. The van der Waals surface area contributed by atoms with Gasteiger partial charge in [-0.05, 0) is 43.9 Å². The van der Waals surface area contributed by atoms with Crippen molar-refractivity contribution < 1.29 is 9.59 Å². The van der Waals surface area contributed by atoms with Crippen molar-refractivity contribution in [3.8, 4) is 0 Å². The summed E-state index contributed by atoms with van der Waals surface area (Å²) in [5, 5.41) is 2.85. The molecule has 1 atom stereocenters. The van der Waals surface area contributed by atoms with Gasteiger partial charge in [-0.25, -0.2) is 0 Å². The number of ketones is 1. The van der Waals surface area contributed by atoms with Gasteiger partial charge < -0.3 is 16.0 Å². The van der Waals surface area contributed by atoms with Gasteiger partial charge in [0.25, 0.3) is 5.91 Å². The van der Waals surface area contributed by atoms with Crippen LogP contribution in [0.2, 0.25) is 0 Å². The highest BCUT2D eigenvalue weighted by Crippen LogP contribution is 2.24. The number of amides is 1. The molecule has 1 aliphatic carbocycles. The van der Waals surface area contributed by atoms with E-state index in [1.807, 2.05) is 31.2 Å². The van der Waals surface area contributed by atoms with Gasteiger partial charge in [0, 0.05) is 30.0 Å². The van der Waals surface area contributed by atoms with E-state index in [0.29, 0.717) is 23.2 Å². The molecule has 1 aromatic heterocycles. The third kappa shape index (κ3) is 3.35. The number of carbonyl (C=O) groups excluding carboxylic acids is 2. The minimum atomic E-state index is -0.252. The lowest BCUT2D eigenvalue weighted by atomic mass is 9.93. The van der Waals surface area contributed by atoms with Crippen LogP contribution in [0.4, 0.5) is 5.69 Å². The van der Waals surface area contributed by atoms with Crippen LogP contribution in [-0.4, -0.2) is 22.7 Å². The van der Waals surface area contributed by atoms with Crippen LogP contribution in [0.15, 0.2) is 30.5 Å². The van der Waals surface area contributed by atoms with Gasteiger partial charge in [0.15, 0.2) is 5.78 Å². The maximum absolute atomic E-state index is 12.5. The van der Waals surface area contributed by atoms with E-state index in [0.717, 1.165) is 30.5 Å². The molecule has 1 aliphatic rings. The van der Waals surface area contributed by atoms with Gasteiger partial charge in [0.05, 0.1) is 11.1 Å². The molecule has 23 heavy (non-hydrogen) atoms. The molecule has 1 heterocycles. The summed E-state index contributed by atoms with van der Waals surface area (Å²) in [6, 6.07) is 7.73. The van der Waals surface area contributed by atoms with Crippen molar-refractivity contribution in [3.63, 3.8) is 0 Å². The quantitative estimate of drug-likeness (QED) is 0.811. The molecule has 0 radical (unpaired) electrons. The van der Waals surface area contributed by atoms with Crippen LogP contribution in [-0.2, 0) is 12.8 Å². The van der Waals surface area contributed by atoms with E-state index in [9.17, 15) is 9.59 Å². The third-order valence-electron chi connectivity index (χ3n) is 4.09. The average molecular weight is 311 g/mol. The van der Waals surface area contributed by atoms with Crippen molar-refractivity contribution in [3.05, 3.63) is 52.8 Å². The molecule has 0 saturated heterocycles. The maximum Gasteiger partial charge on any atom is 0.257 e. The van der Waals surface area contributed by atoms with E-state index < -0.39 is 0 Å². The SMILES string of the molecule is CC(N)Cc1ccc(NC(=O)c2c[nH]c3c2C(=O)CCC3)cc1. The second-order valence-electron chi connectivity index (χ2n) is 6.17. The summed E-state index contributed by atoms with van der Waals surface area (Å²) in [5.74, 6) is -0.206. The topological polar surface area (TPSA) is 88.0 Å². The van der Waals surface area contributed by atoms with E-state index in [1.165, 1.54) is 0 Å². The molecular weight excluding hydrogens is 290 g/mol. The summed E-state index contributed by atoms with van der Waals surface area (Å²) in [7, 11) is 0. The Morgan fingerprint density at radius 1 is 1.30 bits per heavy atom. The average Bonchev–Trinajstić information content (AvgIpc) is 2.94. The van der Waals surface area contributed by atoms with Crippen LogP contribution in [0.1, 0.15) is 51.7 Å². The van der Waals surface area contributed by atoms with Crippen molar-refractivity contribution in [2.24, 2.45) is 5.73 Å². The molecule has 2 aromatic rings. The molecule has 1 aromatic carbocycles. The van der Waals surface area contributed by atoms with Crippen LogP contribution >= 0.6 is 0 Å². The summed E-state index contributed by atoms with van der Waals surface area (Å²) in [4.78, 5) is 27.6. The minimum absolute atomic E-state index is 0.0462. The number of nitrogens with one attached hydrogen (secondary N) is 2. The summed E-state index contributed by atoms with van der Waals surface area (Å²) >= 11 is 0. The number of hydrogen-bond acceptors (Lipinski definition) is 3. The zero-order chi connectivity index (χ0) is 16.4. The van der Waals surface area contributed by atoms with Gasteiger partial charge in [-0.1, -0.05) is 12.1 Å². The largest absolute Gasteiger partial charge is 0.364 e. The van der Waals surface area contributed by atoms with E-state index in [1.54, 1.807) is 6.20 Å². The lowest BCUT2D eigenvalue weighted by Gasteiger charge is -2.12. The van der Waals surface area contributed by atoms with Crippen molar-refractivity contribution >= 4 is 17.4 Å². The molecule has 3 rings (SSSR count). The van der Waals surface area contributed by atoms with E-state index in [2.05, 4.69) is 10.3 Å². The Hall–Kier alpha value is -2.40. The van der Waals surface area contributed by atoms with Crippen LogP contribution in [0.25, 0.3) is 0 Å². The Labute approximate surface area is 135 Å². The predicted octanol–water partition coefficient (Wildman–Crippen LogP) is 2.68. The van der Waals surface area contributed by atoms with Crippen molar-refractivity contribution in [1.82, 2.24) is 4.98 Å². The normalized spacial score (nSPS) is 15.1. The number of benzene rings is 1. The van der Waals surface area contributed by atoms with Crippen LogP contribution in [0, 0.1) is 0 Å². The highest BCUT2D eigenvalue weighted by Gasteiger charge is 2.25. The lowest BCUT2D eigenvalue weighted by molar-refractivity contribution is 0.0956. The Morgan fingerprint density at radius 2 is 2.04 bits per heavy atom. The van der Waals surface area contributed by atoms with Gasteiger partial charge in [-0.2, -0.15) is 0 Å². The standard InChI is InChI=1S/C18H21N3O2/c1-11(19)9-12-5-7-13(8-6-12)21-18(23)14-10-20-15-3-2-4-16(22)17(14)15/h5-8,10-11,20H,2-4,9,19H2,1H3,(H,21,23). The number of rotatable bonds is 4. The lowest BCUT2D eigenvalue weighted by Crippen LogP contribution is -2.18. The van der Waals surface area contributed by atoms with E-state index >= 15 is 0 Å². The number of nitrogens with two attached hydrogens (primary N) is 1. The van der Waals surface area contributed by atoms with Crippen LogP contribution < -0.4 is 11.1 Å². The van der Waals surface area contributed by atoms with Gasteiger partial charge in [-0.3, -0.25) is 9.59 Å². The first kappa shape index (κ1) is 15.5. The van der Waals surface area contributed by atoms with Crippen LogP contribution in [0.3, 0.4) is 0 Å². The fourth-order valence-corrected chi connectivity index (χ4v) is 3.01. The second kappa shape index (κ2) is 6.38. The Morgan fingerprint density at radius 3 is 2.74 bits per heavy atom. The minimum Gasteiger partial charge on any atom is -0.364 e. The Bertz CT molecular complexity index is 729. The Kier molecular flexibility index (Phi) is 4.30. The molecule has 0 bridgehead atoms. The molecule has 1 amide bonds. The fourth-order valence-electron chi connectivity index (χ4n) is 3.01. The maximum atomic E-state index is 12.5. The number of aromatic nitrogens is 1. The highest BCUT2D eigenvalue weighted by molar-refractivity contribution is 6.13. The number of Topliss-reactive ketones (excluding diaryl/α,β-unsaturated/α-hetero) is 1. The molecule has 0 spiro atoms. The van der Waals surface area contributed by atoms with E-state index in [-0.39, 0.29) is 17.7 Å². The number of fused-ring (bicyclic) bond motifs is 1. The first-order valence-corrected chi connectivity index (χ1v) is 7.94. The molecule has 0 aliphatic heterocycles. The third-order valence-corrected chi connectivity index (χ3v) is 4.09. The predicted molar refractivity (Wildman–Crippen MR) is 89.8 cm³/mol. The molecule has 1 unspecified atom stereocenters. The van der Waals surface area contributed by atoms with E-state index in [4.69, 9.17) is 5.73 Å². The highest BCUT2D eigenvalue weighted by atomic mass is 16.2. The number of H-pyrrole nitrogens is 1. The smallest absolute Gasteiger partial charge is 0.257 e. The molecule has 0 saturated carbocycles. The Balaban J connectivity index is 1.75. The molecule has 120 valence electrons. The molecule has 0 fully saturated rings. The monoisotopic (exact) mass is 311 g/mol. The summed E-state index contributed by atoms with van der Waals surface area (Å²) in [6.45, 7) is 1.96. The molecule has 4 N–H and O–H groups in total. The van der Waals surface area contributed by atoms with Gasteiger partial charge in [0.2, 0.25) is 0 Å². The summed E-state index contributed by atoms with van der Waals surface area (Å²) in [5.41, 5.74) is 9.49. The van der Waals surface area contributed by atoms with Crippen molar-refractivity contribution in [2.45, 2.75) is 38.6 Å². The first-order valence-electron chi connectivity index (χ1n) is 7.94. The van der Waals surface area contributed by atoms with Crippen LogP contribution in [0.5, 0.6) is 0 Å². The van der Waals surface area contributed by atoms with Gasteiger partial charge >= 0.3 is 0 Å². The zero-order valence-corrected chi connectivity index (χ0v) is 13.2. The second-order valence-corrected chi connectivity index (χ2v) is 6.17. The zero-order valence-electron chi connectivity index (χ0n) is 13.2. The molecule has 5 heteroatoms. The van der Waals surface area contributed by atoms with Crippen molar-refractivity contribution in [1.29, 1.82) is 0 Å². The number of carbonyl (C=O) groups is 2. The van der Waals surface area contributed by atoms with Gasteiger partial charge in [0.1, 0.15) is 0 Å². The summed E-state index contributed by atoms with van der Waals surface area (Å²) in [6.07, 6.45) is 4.60. The van der Waals surface area contributed by atoms with Gasteiger partial charge in [-0.15, -0.1) is 0 Å². The number of aromatic amines is 1. The first-order chi connectivity index (χ1) is 11.0. The molecule has 5 nitrogen and oxygen atoms in total.